The molecule has 0 atom stereocenters. The third kappa shape index (κ3) is 4.31. The maximum atomic E-state index is 12.3. The minimum atomic E-state index is 0.0104. The summed E-state index contributed by atoms with van der Waals surface area (Å²) in [5.41, 5.74) is 1.98. The van der Waals surface area contributed by atoms with E-state index in [4.69, 9.17) is 0 Å². The summed E-state index contributed by atoms with van der Waals surface area (Å²) in [6, 6.07) is 7.83. The lowest BCUT2D eigenvalue weighted by Gasteiger charge is -2.31. The molecule has 0 unspecified atom stereocenters. The van der Waals surface area contributed by atoms with Crippen LogP contribution in [-0.2, 0) is 9.59 Å². The van der Waals surface area contributed by atoms with Gasteiger partial charge in [-0.1, -0.05) is 19.1 Å². The molecule has 0 bridgehead atoms. The summed E-state index contributed by atoms with van der Waals surface area (Å²) in [5.74, 6) is 0.300. The highest BCUT2D eigenvalue weighted by Crippen LogP contribution is 2.20. The molecule has 114 valence electrons. The lowest BCUT2D eigenvalue weighted by atomic mass is 9.95. The summed E-state index contributed by atoms with van der Waals surface area (Å²) in [7, 11) is 0. The second kappa shape index (κ2) is 7.25. The first kappa shape index (κ1) is 15.5. The Morgan fingerprint density at radius 2 is 2.00 bits per heavy atom. The first-order valence-corrected chi connectivity index (χ1v) is 7.75. The van der Waals surface area contributed by atoms with E-state index in [9.17, 15) is 9.59 Å². The molecule has 1 heterocycles. The Morgan fingerprint density at radius 1 is 1.29 bits per heavy atom. The number of nitrogens with one attached hydrogen (secondary N) is 1. The summed E-state index contributed by atoms with van der Waals surface area (Å²) in [6.45, 7) is 5.42. The van der Waals surface area contributed by atoms with Gasteiger partial charge in [-0.2, -0.15) is 0 Å². The Labute approximate surface area is 126 Å². The van der Waals surface area contributed by atoms with Crippen molar-refractivity contribution in [1.29, 1.82) is 0 Å². The van der Waals surface area contributed by atoms with Crippen molar-refractivity contribution in [3.63, 3.8) is 0 Å². The van der Waals surface area contributed by atoms with Crippen molar-refractivity contribution in [2.75, 3.05) is 18.4 Å². The van der Waals surface area contributed by atoms with Crippen LogP contribution in [0.25, 0.3) is 0 Å². The Balaban J connectivity index is 1.84. The van der Waals surface area contributed by atoms with Crippen molar-refractivity contribution in [3.05, 3.63) is 29.8 Å². The van der Waals surface area contributed by atoms with Crippen LogP contribution in [0.1, 0.15) is 38.2 Å². The highest BCUT2D eigenvalue weighted by Gasteiger charge is 2.26. The molecule has 1 saturated heterocycles. The van der Waals surface area contributed by atoms with Crippen molar-refractivity contribution in [2.24, 2.45) is 5.92 Å². The van der Waals surface area contributed by atoms with Crippen molar-refractivity contribution < 1.29 is 9.59 Å². The van der Waals surface area contributed by atoms with Crippen LogP contribution >= 0.6 is 0 Å². The van der Waals surface area contributed by atoms with Crippen molar-refractivity contribution in [3.8, 4) is 0 Å². The van der Waals surface area contributed by atoms with Gasteiger partial charge in [-0.3, -0.25) is 9.59 Å². The van der Waals surface area contributed by atoms with Crippen LogP contribution in [0.4, 0.5) is 5.69 Å². The highest BCUT2D eigenvalue weighted by molar-refractivity contribution is 5.92. The number of aryl methyl sites for hydroxylation is 1. The Bertz CT molecular complexity index is 505. The average Bonchev–Trinajstić information content (AvgIpc) is 2.47. The zero-order valence-electron chi connectivity index (χ0n) is 12.9. The summed E-state index contributed by atoms with van der Waals surface area (Å²) < 4.78 is 0. The number of likely N-dealkylation sites (tertiary alicyclic amines) is 1. The standard InChI is InChI=1S/C17H24N2O2/c1-3-5-16(20)19-10-8-14(9-11-19)17(21)18-15-7-4-6-13(2)12-15/h4,6-7,12,14H,3,5,8-11H2,1-2H3,(H,18,21). The van der Waals surface area contributed by atoms with E-state index in [0.29, 0.717) is 19.5 Å². The molecule has 2 amide bonds. The minimum Gasteiger partial charge on any atom is -0.343 e. The molecular weight excluding hydrogens is 264 g/mol. The van der Waals surface area contributed by atoms with Gasteiger partial charge in [0.1, 0.15) is 0 Å². The van der Waals surface area contributed by atoms with Crippen LogP contribution < -0.4 is 5.32 Å². The molecule has 0 radical (unpaired) electrons. The van der Waals surface area contributed by atoms with E-state index in [-0.39, 0.29) is 17.7 Å². The van der Waals surface area contributed by atoms with Crippen LogP contribution in [0.5, 0.6) is 0 Å². The van der Waals surface area contributed by atoms with E-state index in [1.165, 1.54) is 0 Å². The first-order chi connectivity index (χ1) is 10.1. The van der Waals surface area contributed by atoms with Gasteiger partial charge in [0.2, 0.25) is 11.8 Å². The molecular formula is C17H24N2O2. The molecule has 21 heavy (non-hydrogen) atoms. The molecule has 1 aliphatic heterocycles. The molecule has 1 aromatic carbocycles. The maximum absolute atomic E-state index is 12.3. The molecule has 1 aliphatic rings. The number of anilines is 1. The molecule has 0 aromatic heterocycles. The maximum Gasteiger partial charge on any atom is 0.227 e. The van der Waals surface area contributed by atoms with Gasteiger partial charge in [-0.05, 0) is 43.9 Å². The largest absolute Gasteiger partial charge is 0.343 e. The highest BCUT2D eigenvalue weighted by atomic mass is 16.2. The average molecular weight is 288 g/mol. The third-order valence-corrected chi connectivity index (χ3v) is 3.97. The van der Waals surface area contributed by atoms with E-state index in [1.54, 1.807) is 0 Å². The fourth-order valence-electron chi connectivity index (χ4n) is 2.73. The fourth-order valence-corrected chi connectivity index (χ4v) is 2.73. The summed E-state index contributed by atoms with van der Waals surface area (Å²) in [6.07, 6.45) is 3.01. The van der Waals surface area contributed by atoms with Crippen LogP contribution in [-0.4, -0.2) is 29.8 Å². The zero-order chi connectivity index (χ0) is 15.2. The van der Waals surface area contributed by atoms with Gasteiger partial charge in [0, 0.05) is 31.1 Å². The lowest BCUT2D eigenvalue weighted by Crippen LogP contribution is -2.41. The molecule has 0 spiro atoms. The van der Waals surface area contributed by atoms with E-state index in [2.05, 4.69) is 5.32 Å². The van der Waals surface area contributed by atoms with Gasteiger partial charge < -0.3 is 10.2 Å². The Morgan fingerprint density at radius 3 is 2.62 bits per heavy atom. The number of nitrogens with zero attached hydrogens (tertiary/aromatic N) is 1. The molecule has 1 aromatic rings. The molecule has 4 heteroatoms. The molecule has 4 nitrogen and oxygen atoms in total. The zero-order valence-corrected chi connectivity index (χ0v) is 12.9. The van der Waals surface area contributed by atoms with Gasteiger partial charge >= 0.3 is 0 Å². The number of carbonyl (C=O) groups excluding carboxylic acids is 2. The van der Waals surface area contributed by atoms with Crippen LogP contribution in [0.15, 0.2) is 24.3 Å². The van der Waals surface area contributed by atoms with Crippen LogP contribution in [0.3, 0.4) is 0 Å². The van der Waals surface area contributed by atoms with E-state index < -0.39 is 0 Å². The topological polar surface area (TPSA) is 49.4 Å². The predicted octanol–water partition coefficient (Wildman–Crippen LogP) is 2.97. The summed E-state index contributed by atoms with van der Waals surface area (Å²) in [4.78, 5) is 26.0. The normalized spacial score (nSPS) is 15.8. The fraction of sp³-hybridized carbons (Fsp3) is 0.529. The van der Waals surface area contributed by atoms with Gasteiger partial charge in [0.25, 0.3) is 0 Å². The Hall–Kier alpha value is -1.84. The number of carbonyl (C=O) groups is 2. The number of amides is 2. The van der Waals surface area contributed by atoms with Crippen LogP contribution in [0, 0.1) is 12.8 Å². The Kier molecular flexibility index (Phi) is 5.37. The quantitative estimate of drug-likeness (QED) is 0.926. The van der Waals surface area contributed by atoms with Crippen molar-refractivity contribution >= 4 is 17.5 Å². The second-order valence-corrected chi connectivity index (χ2v) is 5.76. The number of rotatable bonds is 4. The minimum absolute atomic E-state index is 0.0104. The summed E-state index contributed by atoms with van der Waals surface area (Å²) in [5, 5.41) is 2.98. The third-order valence-electron chi connectivity index (χ3n) is 3.97. The number of hydrogen-bond acceptors (Lipinski definition) is 2. The first-order valence-electron chi connectivity index (χ1n) is 7.75. The second-order valence-electron chi connectivity index (χ2n) is 5.76. The molecule has 0 aliphatic carbocycles. The molecule has 0 saturated carbocycles. The molecule has 1 N–H and O–H groups in total. The van der Waals surface area contributed by atoms with E-state index >= 15 is 0 Å². The van der Waals surface area contributed by atoms with Crippen molar-refractivity contribution in [1.82, 2.24) is 4.90 Å². The number of benzene rings is 1. The smallest absolute Gasteiger partial charge is 0.227 e. The van der Waals surface area contributed by atoms with Gasteiger partial charge in [0.05, 0.1) is 0 Å². The van der Waals surface area contributed by atoms with Gasteiger partial charge in [-0.25, -0.2) is 0 Å². The van der Waals surface area contributed by atoms with Gasteiger partial charge in [0.15, 0.2) is 0 Å². The predicted molar refractivity (Wildman–Crippen MR) is 84.0 cm³/mol. The molecule has 2 rings (SSSR count). The van der Waals surface area contributed by atoms with E-state index in [1.807, 2.05) is 43.0 Å². The molecule has 1 fully saturated rings. The van der Waals surface area contributed by atoms with Gasteiger partial charge in [-0.15, -0.1) is 0 Å². The van der Waals surface area contributed by atoms with Crippen LogP contribution in [0.2, 0.25) is 0 Å². The number of piperidine rings is 1. The number of hydrogen-bond donors (Lipinski definition) is 1. The lowest BCUT2D eigenvalue weighted by molar-refractivity contribution is -0.134. The van der Waals surface area contributed by atoms with Crippen molar-refractivity contribution in [2.45, 2.75) is 39.5 Å². The summed E-state index contributed by atoms with van der Waals surface area (Å²) >= 11 is 0. The monoisotopic (exact) mass is 288 g/mol. The van der Waals surface area contributed by atoms with E-state index in [0.717, 1.165) is 30.5 Å². The SMILES string of the molecule is CCCC(=O)N1CCC(C(=O)Nc2cccc(C)c2)CC1.